The molecular formula is C26H30FN5O2. The van der Waals surface area contributed by atoms with Crippen molar-refractivity contribution in [1.82, 2.24) is 20.1 Å². The minimum atomic E-state index is -0.627. The van der Waals surface area contributed by atoms with Crippen LogP contribution in [0.2, 0.25) is 0 Å². The van der Waals surface area contributed by atoms with Crippen molar-refractivity contribution < 1.29 is 9.50 Å². The van der Waals surface area contributed by atoms with E-state index in [-0.39, 0.29) is 33.6 Å². The first kappa shape index (κ1) is 22.5. The van der Waals surface area contributed by atoms with Crippen molar-refractivity contribution in [2.24, 2.45) is 13.0 Å². The maximum atomic E-state index is 15.0. The summed E-state index contributed by atoms with van der Waals surface area (Å²) in [5, 5.41) is 26.1. The molecule has 0 radical (unpaired) electrons. The zero-order valence-corrected chi connectivity index (χ0v) is 19.7. The third-order valence-electron chi connectivity index (χ3n) is 7.31. The van der Waals surface area contributed by atoms with Crippen molar-refractivity contribution in [3.63, 3.8) is 0 Å². The number of fused-ring (bicyclic) bond motifs is 2. The Kier molecular flexibility index (Phi) is 5.43. The summed E-state index contributed by atoms with van der Waals surface area (Å²) in [5.41, 5.74) is 1.39. The molecule has 0 amide bonds. The number of benzene rings is 1. The number of pyridine rings is 1. The maximum absolute atomic E-state index is 15.0. The van der Waals surface area contributed by atoms with Crippen LogP contribution in [0.25, 0.3) is 22.4 Å². The molecule has 34 heavy (non-hydrogen) atoms. The van der Waals surface area contributed by atoms with Gasteiger partial charge in [0.05, 0.1) is 11.3 Å². The summed E-state index contributed by atoms with van der Waals surface area (Å²) in [7, 11) is 1.64. The number of phenols is 1. The Morgan fingerprint density at radius 2 is 1.85 bits per heavy atom. The van der Waals surface area contributed by atoms with Crippen molar-refractivity contribution in [3.8, 4) is 28.1 Å². The van der Waals surface area contributed by atoms with Crippen LogP contribution < -0.4 is 16.2 Å². The summed E-state index contributed by atoms with van der Waals surface area (Å²) in [4.78, 5) is 11.9. The molecule has 2 unspecified atom stereocenters. The molecule has 4 heterocycles. The van der Waals surface area contributed by atoms with Crippen molar-refractivity contribution in [3.05, 3.63) is 58.8 Å². The second-order valence-corrected chi connectivity index (χ2v) is 10.4. The number of nitrogens with one attached hydrogen (secondary N) is 2. The topological polar surface area (TPSA) is 92.1 Å². The summed E-state index contributed by atoms with van der Waals surface area (Å²) in [6.45, 7) is 5.43. The summed E-state index contributed by atoms with van der Waals surface area (Å²) in [6, 6.07) is 9.25. The number of nitrogens with zero attached hydrogens (tertiary/aromatic N) is 3. The van der Waals surface area contributed by atoms with E-state index in [4.69, 9.17) is 0 Å². The number of anilines is 1. The highest BCUT2D eigenvalue weighted by Gasteiger charge is 2.48. The number of aromatic nitrogens is 3. The van der Waals surface area contributed by atoms with Crippen molar-refractivity contribution in [2.45, 2.75) is 50.6 Å². The third kappa shape index (κ3) is 4.30. The first-order valence-electron chi connectivity index (χ1n) is 11.7. The number of halogens is 1. The van der Waals surface area contributed by atoms with Gasteiger partial charge in [0.15, 0.2) is 0 Å². The molecule has 2 bridgehead atoms. The molecule has 2 atom stereocenters. The second kappa shape index (κ2) is 8.20. The van der Waals surface area contributed by atoms with Gasteiger partial charge in [-0.3, -0.25) is 4.79 Å². The van der Waals surface area contributed by atoms with Gasteiger partial charge in [0.25, 0.3) is 5.56 Å². The van der Waals surface area contributed by atoms with Crippen LogP contribution >= 0.6 is 0 Å². The van der Waals surface area contributed by atoms with Gasteiger partial charge < -0.3 is 20.3 Å². The molecular weight excluding hydrogens is 433 g/mol. The van der Waals surface area contributed by atoms with Gasteiger partial charge in [0, 0.05) is 36.9 Å². The molecule has 0 saturated carbocycles. The van der Waals surface area contributed by atoms with Crippen LogP contribution in [0.4, 0.5) is 10.2 Å². The van der Waals surface area contributed by atoms with Crippen molar-refractivity contribution in [2.75, 3.05) is 11.9 Å². The SMILES string of the molecule is Cn1ccc(-c2cc(O)c(-c3ccc(NCC4CC5(C)CCC(C)(C4)N5)nn3)c(F)c2)cc1=O. The molecule has 178 valence electrons. The molecule has 5 rings (SSSR count). The van der Waals surface area contributed by atoms with Gasteiger partial charge in [-0.25, -0.2) is 4.39 Å². The van der Waals surface area contributed by atoms with Crippen LogP contribution in [-0.2, 0) is 7.05 Å². The van der Waals surface area contributed by atoms with E-state index in [1.807, 2.05) is 0 Å². The summed E-state index contributed by atoms with van der Waals surface area (Å²) in [6.07, 6.45) is 6.28. The zero-order valence-electron chi connectivity index (χ0n) is 19.7. The predicted octanol–water partition coefficient (Wildman–Crippen LogP) is 4.08. The molecule has 2 saturated heterocycles. The second-order valence-electron chi connectivity index (χ2n) is 10.4. The number of hydrogen-bond donors (Lipinski definition) is 3. The Bertz CT molecular complexity index is 1250. The fourth-order valence-corrected chi connectivity index (χ4v) is 5.75. The number of phenolic OH excluding ortho intramolecular Hbond substituents is 1. The van der Waals surface area contributed by atoms with Gasteiger partial charge in [-0.2, -0.15) is 0 Å². The van der Waals surface area contributed by atoms with Crippen LogP contribution in [0.1, 0.15) is 39.5 Å². The third-order valence-corrected chi connectivity index (χ3v) is 7.31. The van der Waals surface area contributed by atoms with Gasteiger partial charge in [-0.1, -0.05) is 0 Å². The summed E-state index contributed by atoms with van der Waals surface area (Å²) >= 11 is 0. The minimum Gasteiger partial charge on any atom is -0.507 e. The molecule has 3 aromatic rings. The minimum absolute atomic E-state index is 0.0117. The smallest absolute Gasteiger partial charge is 0.250 e. The average molecular weight is 464 g/mol. The Hall–Kier alpha value is -3.26. The van der Waals surface area contributed by atoms with E-state index in [2.05, 4.69) is 34.7 Å². The van der Waals surface area contributed by atoms with Crippen LogP contribution in [-0.4, -0.2) is 37.5 Å². The summed E-state index contributed by atoms with van der Waals surface area (Å²) in [5.74, 6) is 0.292. The van der Waals surface area contributed by atoms with E-state index >= 15 is 0 Å². The molecule has 0 aliphatic carbocycles. The molecule has 2 aliphatic heterocycles. The fraction of sp³-hybridized carbons (Fsp3) is 0.423. The normalized spacial score (nSPS) is 25.9. The highest BCUT2D eigenvalue weighted by atomic mass is 19.1. The lowest BCUT2D eigenvalue weighted by molar-refractivity contribution is 0.178. The zero-order chi connectivity index (χ0) is 24.1. The van der Waals surface area contributed by atoms with Gasteiger partial charge in [0.1, 0.15) is 17.4 Å². The van der Waals surface area contributed by atoms with Gasteiger partial charge in [-0.15, -0.1) is 10.2 Å². The van der Waals surface area contributed by atoms with E-state index in [1.54, 1.807) is 31.4 Å². The molecule has 2 aliphatic rings. The summed E-state index contributed by atoms with van der Waals surface area (Å²) < 4.78 is 16.4. The monoisotopic (exact) mass is 463 g/mol. The maximum Gasteiger partial charge on any atom is 0.250 e. The van der Waals surface area contributed by atoms with E-state index in [0.717, 1.165) is 19.4 Å². The largest absolute Gasteiger partial charge is 0.507 e. The predicted molar refractivity (Wildman–Crippen MR) is 130 cm³/mol. The van der Waals surface area contributed by atoms with Crippen molar-refractivity contribution >= 4 is 5.82 Å². The Balaban J connectivity index is 1.30. The van der Waals surface area contributed by atoms with Gasteiger partial charge in [0.2, 0.25) is 0 Å². The fourth-order valence-electron chi connectivity index (χ4n) is 5.75. The van der Waals surface area contributed by atoms with E-state index in [1.165, 1.54) is 35.6 Å². The lowest BCUT2D eigenvalue weighted by Crippen LogP contribution is -2.54. The van der Waals surface area contributed by atoms with Gasteiger partial charge in [-0.05, 0) is 86.9 Å². The average Bonchev–Trinajstić information content (AvgIpc) is 3.01. The molecule has 7 nitrogen and oxygen atoms in total. The first-order chi connectivity index (χ1) is 16.1. The number of rotatable bonds is 5. The number of piperidine rings is 1. The Morgan fingerprint density at radius 1 is 1.12 bits per heavy atom. The van der Waals surface area contributed by atoms with Crippen LogP contribution in [0, 0.1) is 11.7 Å². The molecule has 2 fully saturated rings. The molecule has 3 N–H and O–H groups in total. The van der Waals surface area contributed by atoms with E-state index in [0.29, 0.717) is 22.9 Å². The Labute approximate surface area is 198 Å². The standard InChI is InChI=1S/C26H30FN5O2/c1-25-7-8-26(2,31-25)14-16(13-25)15-28-22-5-4-20(29-30-22)24-19(27)10-18(11-21(24)33)17-6-9-32(3)23(34)12-17/h4-6,9-12,16,31,33H,7-8,13-15H2,1-3H3,(H,28,30). The highest BCUT2D eigenvalue weighted by molar-refractivity contribution is 5.74. The van der Waals surface area contributed by atoms with Crippen LogP contribution in [0.15, 0.2) is 47.4 Å². The number of aromatic hydroxyl groups is 1. The molecule has 8 heteroatoms. The number of aryl methyl sites for hydroxylation is 1. The lowest BCUT2D eigenvalue weighted by atomic mass is 9.80. The van der Waals surface area contributed by atoms with Crippen molar-refractivity contribution in [1.29, 1.82) is 0 Å². The molecule has 1 aromatic carbocycles. The van der Waals surface area contributed by atoms with Gasteiger partial charge >= 0.3 is 0 Å². The first-order valence-corrected chi connectivity index (χ1v) is 11.7. The highest BCUT2D eigenvalue weighted by Crippen LogP contribution is 2.44. The Morgan fingerprint density at radius 3 is 2.47 bits per heavy atom. The van der Waals surface area contributed by atoms with E-state index < -0.39 is 5.82 Å². The molecule has 0 spiro atoms. The quantitative estimate of drug-likeness (QED) is 0.528. The lowest BCUT2D eigenvalue weighted by Gasteiger charge is -2.42. The number of hydrogen-bond acceptors (Lipinski definition) is 6. The van der Waals surface area contributed by atoms with E-state index in [9.17, 15) is 14.3 Å². The van der Waals surface area contributed by atoms with Crippen LogP contribution in [0.5, 0.6) is 5.75 Å². The van der Waals surface area contributed by atoms with Crippen LogP contribution in [0.3, 0.4) is 0 Å². The molecule has 2 aromatic heterocycles.